The molecule has 106 valence electrons. The van der Waals surface area contributed by atoms with E-state index in [-0.39, 0.29) is 0 Å². The molecule has 0 saturated heterocycles. The van der Waals surface area contributed by atoms with E-state index in [0.717, 1.165) is 21.7 Å². The fourth-order valence-electron chi connectivity index (χ4n) is 1.73. The van der Waals surface area contributed by atoms with Crippen molar-refractivity contribution in [2.45, 2.75) is 6.61 Å². The van der Waals surface area contributed by atoms with Crippen molar-refractivity contribution in [1.29, 1.82) is 0 Å². The molecule has 0 saturated carbocycles. The van der Waals surface area contributed by atoms with E-state index >= 15 is 0 Å². The van der Waals surface area contributed by atoms with Gasteiger partial charge < -0.3 is 9.47 Å². The molecule has 0 aliphatic heterocycles. The maximum Gasteiger partial charge on any atom is 0.279 e. The van der Waals surface area contributed by atoms with Gasteiger partial charge in [0.05, 0.1) is 0 Å². The number of hydrogen-bond acceptors (Lipinski definition) is 4. The van der Waals surface area contributed by atoms with Gasteiger partial charge in [-0.05, 0) is 45.8 Å². The first-order valence-corrected chi connectivity index (χ1v) is 8.02. The Hall–Kier alpha value is -1.85. The Bertz CT molecular complexity index is 698. The molecular formula is C16H12BrNO2S. The number of rotatable bonds is 5. The summed E-state index contributed by atoms with van der Waals surface area (Å²) in [6.45, 7) is 0.556. The molecule has 3 nitrogen and oxygen atoms in total. The first-order valence-electron chi connectivity index (χ1n) is 6.35. The molecule has 0 bridgehead atoms. The molecule has 2 aromatic carbocycles. The lowest BCUT2D eigenvalue weighted by Crippen LogP contribution is -1.94. The lowest BCUT2D eigenvalue weighted by Gasteiger charge is -2.07. The third-order valence-corrected chi connectivity index (χ3v) is 4.16. The minimum absolute atomic E-state index is 0.556. The zero-order valence-corrected chi connectivity index (χ0v) is 13.4. The summed E-state index contributed by atoms with van der Waals surface area (Å²) in [4.78, 5) is 4.19. The quantitative estimate of drug-likeness (QED) is 0.619. The SMILES string of the molecule is Brc1csc(Oc2ccc(OCc3ccccc3)cc2)n1. The molecule has 3 aromatic rings. The molecule has 0 fully saturated rings. The molecule has 21 heavy (non-hydrogen) atoms. The largest absolute Gasteiger partial charge is 0.489 e. The topological polar surface area (TPSA) is 31.4 Å². The highest BCUT2D eigenvalue weighted by atomic mass is 79.9. The molecule has 1 aromatic heterocycles. The summed E-state index contributed by atoms with van der Waals surface area (Å²) >= 11 is 4.74. The molecule has 3 rings (SSSR count). The normalized spacial score (nSPS) is 10.3. The Labute approximate surface area is 135 Å². The Morgan fingerprint density at radius 3 is 2.33 bits per heavy atom. The van der Waals surface area contributed by atoms with Gasteiger partial charge in [-0.2, -0.15) is 4.98 Å². The van der Waals surface area contributed by atoms with Crippen LogP contribution in [0.15, 0.2) is 64.6 Å². The van der Waals surface area contributed by atoms with E-state index in [2.05, 4.69) is 20.9 Å². The summed E-state index contributed by atoms with van der Waals surface area (Å²) < 4.78 is 12.1. The van der Waals surface area contributed by atoms with E-state index in [1.807, 2.05) is 60.0 Å². The highest BCUT2D eigenvalue weighted by Gasteiger charge is 2.03. The highest BCUT2D eigenvalue weighted by molar-refractivity contribution is 9.10. The molecule has 0 spiro atoms. The smallest absolute Gasteiger partial charge is 0.279 e. The lowest BCUT2D eigenvalue weighted by atomic mass is 10.2. The molecule has 0 atom stereocenters. The van der Waals surface area contributed by atoms with E-state index in [1.165, 1.54) is 11.3 Å². The minimum Gasteiger partial charge on any atom is -0.489 e. The van der Waals surface area contributed by atoms with Gasteiger partial charge in [-0.15, -0.1) is 0 Å². The fraction of sp³-hybridized carbons (Fsp3) is 0.0625. The van der Waals surface area contributed by atoms with E-state index in [4.69, 9.17) is 9.47 Å². The van der Waals surface area contributed by atoms with Crippen LogP contribution in [0.3, 0.4) is 0 Å². The van der Waals surface area contributed by atoms with Crippen LogP contribution in [0.5, 0.6) is 16.7 Å². The number of benzene rings is 2. The zero-order chi connectivity index (χ0) is 14.5. The predicted octanol–water partition coefficient (Wildman–Crippen LogP) is 5.28. The monoisotopic (exact) mass is 361 g/mol. The van der Waals surface area contributed by atoms with Crippen molar-refractivity contribution < 1.29 is 9.47 Å². The Morgan fingerprint density at radius 1 is 0.952 bits per heavy atom. The third-order valence-electron chi connectivity index (χ3n) is 2.73. The maximum atomic E-state index is 5.73. The van der Waals surface area contributed by atoms with E-state index in [0.29, 0.717) is 11.8 Å². The van der Waals surface area contributed by atoms with Crippen LogP contribution >= 0.6 is 27.3 Å². The summed E-state index contributed by atoms with van der Waals surface area (Å²) in [5.74, 6) is 1.55. The molecule has 5 heteroatoms. The van der Waals surface area contributed by atoms with Gasteiger partial charge in [0.1, 0.15) is 22.7 Å². The first-order chi connectivity index (χ1) is 10.3. The van der Waals surface area contributed by atoms with Crippen LogP contribution in [0.2, 0.25) is 0 Å². The Balaban J connectivity index is 1.59. The van der Waals surface area contributed by atoms with Crippen LogP contribution in [0.25, 0.3) is 0 Å². The minimum atomic E-state index is 0.556. The molecule has 1 heterocycles. The van der Waals surface area contributed by atoms with E-state index in [9.17, 15) is 0 Å². The lowest BCUT2D eigenvalue weighted by molar-refractivity contribution is 0.306. The molecule has 0 aliphatic rings. The number of halogens is 1. The van der Waals surface area contributed by atoms with Crippen LogP contribution in [-0.4, -0.2) is 4.98 Å². The van der Waals surface area contributed by atoms with E-state index in [1.54, 1.807) is 0 Å². The average molecular weight is 362 g/mol. The number of aromatic nitrogens is 1. The van der Waals surface area contributed by atoms with Crippen molar-refractivity contribution in [2.75, 3.05) is 0 Å². The van der Waals surface area contributed by atoms with Crippen LogP contribution in [-0.2, 0) is 6.61 Å². The maximum absolute atomic E-state index is 5.73. The van der Waals surface area contributed by atoms with Gasteiger partial charge in [0, 0.05) is 5.38 Å². The molecule has 0 aliphatic carbocycles. The van der Waals surface area contributed by atoms with Gasteiger partial charge >= 0.3 is 0 Å². The van der Waals surface area contributed by atoms with Crippen LogP contribution < -0.4 is 9.47 Å². The van der Waals surface area contributed by atoms with Crippen molar-refractivity contribution in [2.24, 2.45) is 0 Å². The summed E-state index contributed by atoms with van der Waals surface area (Å²) in [7, 11) is 0. The highest BCUT2D eigenvalue weighted by Crippen LogP contribution is 2.28. The average Bonchev–Trinajstić information content (AvgIpc) is 2.93. The number of hydrogen-bond donors (Lipinski definition) is 0. The summed E-state index contributed by atoms with van der Waals surface area (Å²) in [6, 6.07) is 17.6. The van der Waals surface area contributed by atoms with Crippen molar-refractivity contribution in [3.8, 4) is 16.7 Å². The van der Waals surface area contributed by atoms with Gasteiger partial charge in [0.2, 0.25) is 0 Å². The second kappa shape index (κ2) is 6.74. The molecule has 0 unspecified atom stereocenters. The number of nitrogens with zero attached hydrogens (tertiary/aromatic N) is 1. The van der Waals surface area contributed by atoms with Crippen LogP contribution in [0.4, 0.5) is 0 Å². The summed E-state index contributed by atoms with van der Waals surface area (Å²) in [6.07, 6.45) is 0. The van der Waals surface area contributed by atoms with Gasteiger partial charge in [-0.3, -0.25) is 0 Å². The molecule has 0 amide bonds. The second-order valence-corrected chi connectivity index (χ2v) is 5.92. The van der Waals surface area contributed by atoms with Crippen LogP contribution in [0.1, 0.15) is 5.56 Å². The molecule has 0 radical (unpaired) electrons. The van der Waals surface area contributed by atoms with Gasteiger partial charge in [0.25, 0.3) is 5.19 Å². The third kappa shape index (κ3) is 4.06. The predicted molar refractivity (Wildman–Crippen MR) is 87.1 cm³/mol. The summed E-state index contributed by atoms with van der Waals surface area (Å²) in [5, 5.41) is 2.49. The van der Waals surface area contributed by atoms with Crippen molar-refractivity contribution in [3.63, 3.8) is 0 Å². The Morgan fingerprint density at radius 2 is 1.67 bits per heavy atom. The Kier molecular flexibility index (Phi) is 4.52. The molecular weight excluding hydrogens is 350 g/mol. The standard InChI is InChI=1S/C16H12BrNO2S/c17-15-11-21-16(18-15)20-14-8-6-13(7-9-14)19-10-12-4-2-1-3-5-12/h1-9,11H,10H2. The van der Waals surface area contributed by atoms with Gasteiger partial charge in [-0.25, -0.2) is 0 Å². The van der Waals surface area contributed by atoms with Gasteiger partial charge in [0.15, 0.2) is 0 Å². The van der Waals surface area contributed by atoms with Crippen LogP contribution in [0, 0.1) is 0 Å². The van der Waals surface area contributed by atoms with Crippen molar-refractivity contribution in [1.82, 2.24) is 4.98 Å². The first kappa shape index (κ1) is 14.1. The van der Waals surface area contributed by atoms with Crippen molar-refractivity contribution in [3.05, 3.63) is 70.1 Å². The number of ether oxygens (including phenoxy) is 2. The summed E-state index contributed by atoms with van der Waals surface area (Å²) in [5.41, 5.74) is 1.14. The molecule has 0 N–H and O–H groups in total. The zero-order valence-electron chi connectivity index (χ0n) is 11.0. The number of thiazole rings is 1. The van der Waals surface area contributed by atoms with E-state index < -0.39 is 0 Å². The second-order valence-electron chi connectivity index (χ2n) is 4.28. The van der Waals surface area contributed by atoms with Gasteiger partial charge in [-0.1, -0.05) is 41.7 Å². The fourth-order valence-corrected chi connectivity index (χ4v) is 2.84. The van der Waals surface area contributed by atoms with Crippen molar-refractivity contribution >= 4 is 27.3 Å².